The van der Waals surface area contributed by atoms with Gasteiger partial charge in [-0.25, -0.2) is 0 Å². The third-order valence-corrected chi connectivity index (χ3v) is 2.94. The molecule has 0 atom stereocenters. The lowest BCUT2D eigenvalue weighted by molar-refractivity contribution is 0.306. The molecule has 3 aromatic rings. The molecule has 1 aromatic heterocycles. The summed E-state index contributed by atoms with van der Waals surface area (Å²) in [5.41, 5.74) is 1.15. The highest BCUT2D eigenvalue weighted by Gasteiger charge is 1.99. The molecule has 0 amide bonds. The Bertz CT molecular complexity index is 667. The van der Waals surface area contributed by atoms with Crippen LogP contribution < -0.4 is 9.47 Å². The van der Waals surface area contributed by atoms with Gasteiger partial charge in [0.05, 0.1) is 6.20 Å². The van der Waals surface area contributed by atoms with Crippen molar-refractivity contribution in [1.82, 2.24) is 4.98 Å². The van der Waals surface area contributed by atoms with E-state index >= 15 is 0 Å². The van der Waals surface area contributed by atoms with Gasteiger partial charge in [-0.15, -0.1) is 0 Å². The zero-order valence-corrected chi connectivity index (χ0v) is 11.5. The van der Waals surface area contributed by atoms with Gasteiger partial charge in [-0.2, -0.15) is 0 Å². The molecule has 3 nitrogen and oxygen atoms in total. The summed E-state index contributed by atoms with van der Waals surface area (Å²) in [7, 11) is 0. The molecule has 0 fully saturated rings. The van der Waals surface area contributed by atoms with E-state index in [1.165, 1.54) is 0 Å². The molecule has 0 aliphatic heterocycles. The number of ether oxygens (including phenoxy) is 2. The van der Waals surface area contributed by atoms with Gasteiger partial charge < -0.3 is 9.47 Å². The topological polar surface area (TPSA) is 31.4 Å². The van der Waals surface area contributed by atoms with E-state index in [2.05, 4.69) is 4.98 Å². The summed E-state index contributed by atoms with van der Waals surface area (Å²) < 4.78 is 11.4. The lowest BCUT2D eigenvalue weighted by atomic mass is 10.2. The molecule has 0 aliphatic carbocycles. The fourth-order valence-electron chi connectivity index (χ4n) is 1.89. The van der Waals surface area contributed by atoms with Crippen LogP contribution >= 0.6 is 0 Å². The van der Waals surface area contributed by atoms with E-state index < -0.39 is 0 Å². The minimum absolute atomic E-state index is 0.559. The van der Waals surface area contributed by atoms with E-state index in [9.17, 15) is 0 Å². The molecule has 2 aromatic carbocycles. The van der Waals surface area contributed by atoms with Crippen molar-refractivity contribution in [2.24, 2.45) is 0 Å². The molecule has 0 bridgehead atoms. The van der Waals surface area contributed by atoms with E-state index in [1.807, 2.05) is 66.7 Å². The van der Waals surface area contributed by atoms with Crippen molar-refractivity contribution in [1.29, 1.82) is 0 Å². The Kier molecular flexibility index (Phi) is 4.12. The second-order valence-electron chi connectivity index (χ2n) is 4.54. The highest BCUT2D eigenvalue weighted by Crippen LogP contribution is 2.23. The average molecular weight is 277 g/mol. The van der Waals surface area contributed by atoms with Gasteiger partial charge in [-0.1, -0.05) is 30.3 Å². The van der Waals surface area contributed by atoms with Crippen LogP contribution in [0.2, 0.25) is 0 Å². The molecule has 0 unspecified atom stereocenters. The largest absolute Gasteiger partial charge is 0.489 e. The molecule has 0 radical (unpaired) electrons. The molecular weight excluding hydrogens is 262 g/mol. The number of pyridine rings is 1. The van der Waals surface area contributed by atoms with Gasteiger partial charge in [0.2, 0.25) is 0 Å². The molecule has 104 valence electrons. The van der Waals surface area contributed by atoms with Crippen molar-refractivity contribution in [3.8, 4) is 17.2 Å². The maximum absolute atomic E-state index is 5.73. The molecule has 0 saturated heterocycles. The van der Waals surface area contributed by atoms with Crippen molar-refractivity contribution in [2.45, 2.75) is 6.61 Å². The maximum atomic E-state index is 5.73. The van der Waals surface area contributed by atoms with Crippen molar-refractivity contribution in [2.75, 3.05) is 0 Å². The van der Waals surface area contributed by atoms with Crippen molar-refractivity contribution >= 4 is 0 Å². The summed E-state index contributed by atoms with van der Waals surface area (Å²) >= 11 is 0. The highest BCUT2D eigenvalue weighted by molar-refractivity contribution is 5.34. The van der Waals surface area contributed by atoms with Crippen LogP contribution in [0.1, 0.15) is 5.56 Å². The third kappa shape index (κ3) is 3.83. The Morgan fingerprint density at radius 1 is 0.714 bits per heavy atom. The normalized spacial score (nSPS) is 10.1. The summed E-state index contributed by atoms with van der Waals surface area (Å²) in [6, 6.07) is 21.4. The average Bonchev–Trinajstić information content (AvgIpc) is 2.56. The van der Waals surface area contributed by atoms with E-state index in [4.69, 9.17) is 9.47 Å². The molecule has 0 N–H and O–H groups in total. The van der Waals surface area contributed by atoms with Crippen molar-refractivity contribution in [3.05, 3.63) is 84.7 Å². The summed E-state index contributed by atoms with van der Waals surface area (Å²) in [6.45, 7) is 0.559. The first-order valence-electron chi connectivity index (χ1n) is 6.75. The van der Waals surface area contributed by atoms with Crippen molar-refractivity contribution < 1.29 is 9.47 Å². The molecule has 1 heterocycles. The van der Waals surface area contributed by atoms with Gasteiger partial charge in [0.1, 0.15) is 23.9 Å². The number of hydrogen-bond donors (Lipinski definition) is 0. The third-order valence-electron chi connectivity index (χ3n) is 2.94. The maximum Gasteiger partial charge on any atom is 0.145 e. The Labute approximate surface area is 123 Å². The molecular formula is C18H15NO2. The molecule has 21 heavy (non-hydrogen) atoms. The second-order valence-corrected chi connectivity index (χ2v) is 4.54. The van der Waals surface area contributed by atoms with Crippen LogP contribution in [0, 0.1) is 0 Å². The molecule has 3 rings (SSSR count). The van der Waals surface area contributed by atoms with Crippen LogP contribution in [0.3, 0.4) is 0 Å². The Balaban J connectivity index is 1.59. The predicted molar refractivity (Wildman–Crippen MR) is 81.5 cm³/mol. The fraction of sp³-hybridized carbons (Fsp3) is 0.0556. The monoisotopic (exact) mass is 277 g/mol. The van der Waals surface area contributed by atoms with E-state index in [-0.39, 0.29) is 0 Å². The number of rotatable bonds is 5. The van der Waals surface area contributed by atoms with E-state index in [1.54, 1.807) is 12.4 Å². The van der Waals surface area contributed by atoms with Gasteiger partial charge in [0.25, 0.3) is 0 Å². The Hall–Kier alpha value is -2.81. The second kappa shape index (κ2) is 6.57. The quantitative estimate of drug-likeness (QED) is 0.690. The zero-order chi connectivity index (χ0) is 14.3. The van der Waals surface area contributed by atoms with Crippen LogP contribution in [0.15, 0.2) is 79.1 Å². The van der Waals surface area contributed by atoms with Gasteiger partial charge in [0.15, 0.2) is 0 Å². The van der Waals surface area contributed by atoms with Crippen LogP contribution in [0.4, 0.5) is 0 Å². The van der Waals surface area contributed by atoms with Crippen molar-refractivity contribution in [3.63, 3.8) is 0 Å². The number of hydrogen-bond acceptors (Lipinski definition) is 3. The van der Waals surface area contributed by atoms with E-state index in [0.717, 1.165) is 22.8 Å². The lowest BCUT2D eigenvalue weighted by Crippen LogP contribution is -1.94. The molecule has 0 saturated carbocycles. The smallest absolute Gasteiger partial charge is 0.145 e. The fourth-order valence-corrected chi connectivity index (χ4v) is 1.89. The van der Waals surface area contributed by atoms with Crippen LogP contribution in [-0.2, 0) is 6.61 Å². The summed E-state index contributed by atoms with van der Waals surface area (Å²) in [5.74, 6) is 2.29. The molecule has 0 aliphatic rings. The SMILES string of the molecule is c1ccc(COc2ccc(Oc3cccnc3)cc2)cc1. The first kappa shape index (κ1) is 13.2. The van der Waals surface area contributed by atoms with Crippen LogP contribution in [0.5, 0.6) is 17.2 Å². The Morgan fingerprint density at radius 3 is 2.19 bits per heavy atom. The first-order chi connectivity index (χ1) is 10.4. The summed E-state index contributed by atoms with van der Waals surface area (Å²) in [5, 5.41) is 0. The Morgan fingerprint density at radius 2 is 1.48 bits per heavy atom. The first-order valence-corrected chi connectivity index (χ1v) is 6.75. The number of nitrogens with zero attached hydrogens (tertiary/aromatic N) is 1. The van der Waals surface area contributed by atoms with Gasteiger partial charge in [-0.05, 0) is 42.0 Å². The predicted octanol–water partition coefficient (Wildman–Crippen LogP) is 4.45. The highest BCUT2D eigenvalue weighted by atomic mass is 16.5. The van der Waals surface area contributed by atoms with E-state index in [0.29, 0.717) is 6.61 Å². The van der Waals surface area contributed by atoms with Gasteiger partial charge in [-0.3, -0.25) is 4.98 Å². The van der Waals surface area contributed by atoms with Gasteiger partial charge >= 0.3 is 0 Å². The van der Waals surface area contributed by atoms with Crippen LogP contribution in [0.25, 0.3) is 0 Å². The summed E-state index contributed by atoms with van der Waals surface area (Å²) in [6.07, 6.45) is 3.40. The van der Waals surface area contributed by atoms with Crippen LogP contribution in [-0.4, -0.2) is 4.98 Å². The lowest BCUT2D eigenvalue weighted by Gasteiger charge is -2.08. The number of aromatic nitrogens is 1. The van der Waals surface area contributed by atoms with Gasteiger partial charge in [0, 0.05) is 6.20 Å². The summed E-state index contributed by atoms with van der Waals surface area (Å²) in [4.78, 5) is 4.01. The minimum atomic E-state index is 0.559. The standard InChI is InChI=1S/C18H15NO2/c1-2-5-15(6-3-1)14-20-16-8-10-17(11-9-16)21-18-7-4-12-19-13-18/h1-13H,14H2. The minimum Gasteiger partial charge on any atom is -0.489 e. The molecule has 3 heteroatoms. The number of benzene rings is 2. The zero-order valence-electron chi connectivity index (χ0n) is 11.5. The molecule has 0 spiro atoms.